The van der Waals surface area contributed by atoms with Gasteiger partial charge < -0.3 is 5.11 Å². The van der Waals surface area contributed by atoms with Crippen molar-refractivity contribution in [2.45, 2.75) is 33.1 Å². The van der Waals surface area contributed by atoms with Gasteiger partial charge in [0, 0.05) is 11.5 Å². The Morgan fingerprint density at radius 1 is 1.16 bits per heavy atom. The second kappa shape index (κ2) is 5.11. The molecule has 0 aliphatic heterocycles. The lowest BCUT2D eigenvalue weighted by molar-refractivity contribution is -0.142. The maximum Gasteiger partial charge on any atom is 0.307 e. The molecular formula is C15H17FO3. The van der Waals surface area contributed by atoms with Gasteiger partial charge in [0.25, 0.3) is 0 Å². The summed E-state index contributed by atoms with van der Waals surface area (Å²) in [4.78, 5) is 23.7. The molecule has 0 radical (unpaired) electrons. The van der Waals surface area contributed by atoms with Crippen molar-refractivity contribution in [2.75, 3.05) is 0 Å². The lowest BCUT2D eigenvalue weighted by Crippen LogP contribution is -2.26. The third-order valence-corrected chi connectivity index (χ3v) is 3.91. The van der Waals surface area contributed by atoms with Crippen LogP contribution in [-0.2, 0) is 4.79 Å². The molecule has 1 aliphatic rings. The van der Waals surface area contributed by atoms with Crippen molar-refractivity contribution in [1.29, 1.82) is 0 Å². The van der Waals surface area contributed by atoms with Gasteiger partial charge >= 0.3 is 5.97 Å². The number of hydrogen-bond donors (Lipinski definition) is 1. The molecule has 1 aromatic carbocycles. The molecule has 2 rings (SSSR count). The fraction of sp³-hybridized carbons (Fsp3) is 0.467. The summed E-state index contributed by atoms with van der Waals surface area (Å²) >= 11 is 0. The number of Topliss-reactive ketones (excluding diaryl/α,β-unsaturated/α-hetero) is 1. The van der Waals surface area contributed by atoms with E-state index in [9.17, 15) is 14.0 Å². The zero-order chi connectivity index (χ0) is 14.2. The summed E-state index contributed by atoms with van der Waals surface area (Å²) < 4.78 is 13.2. The third kappa shape index (κ3) is 2.53. The minimum Gasteiger partial charge on any atom is -0.481 e. The SMILES string of the molecule is Cc1cc(F)cc(C)c1C(=O)C1CCCC1C(=O)O. The van der Waals surface area contributed by atoms with Gasteiger partial charge in [-0.05, 0) is 49.9 Å². The molecular weight excluding hydrogens is 247 g/mol. The van der Waals surface area contributed by atoms with Crippen LogP contribution in [0.25, 0.3) is 0 Å². The molecule has 0 saturated heterocycles. The summed E-state index contributed by atoms with van der Waals surface area (Å²) in [5.74, 6) is -2.50. The summed E-state index contributed by atoms with van der Waals surface area (Å²) in [6.45, 7) is 3.38. The molecule has 0 bridgehead atoms. The van der Waals surface area contributed by atoms with Crippen LogP contribution in [0, 0.1) is 31.5 Å². The Bertz CT molecular complexity index is 513. The van der Waals surface area contributed by atoms with Crippen molar-refractivity contribution >= 4 is 11.8 Å². The predicted octanol–water partition coefficient (Wildman–Crippen LogP) is 3.13. The van der Waals surface area contributed by atoms with Gasteiger partial charge in [-0.2, -0.15) is 0 Å². The van der Waals surface area contributed by atoms with Crippen LogP contribution in [0.1, 0.15) is 40.7 Å². The van der Waals surface area contributed by atoms with Crippen molar-refractivity contribution in [1.82, 2.24) is 0 Å². The van der Waals surface area contributed by atoms with Crippen molar-refractivity contribution < 1.29 is 19.1 Å². The first-order valence-corrected chi connectivity index (χ1v) is 6.45. The van der Waals surface area contributed by atoms with Gasteiger partial charge in [-0.3, -0.25) is 9.59 Å². The van der Waals surface area contributed by atoms with E-state index in [-0.39, 0.29) is 11.6 Å². The summed E-state index contributed by atoms with van der Waals surface area (Å²) in [6.07, 6.45) is 1.91. The minimum absolute atomic E-state index is 0.153. The van der Waals surface area contributed by atoms with E-state index in [2.05, 4.69) is 0 Å². The topological polar surface area (TPSA) is 54.4 Å². The summed E-state index contributed by atoms with van der Waals surface area (Å²) in [7, 11) is 0. The molecule has 0 heterocycles. The quantitative estimate of drug-likeness (QED) is 0.853. The Morgan fingerprint density at radius 3 is 2.21 bits per heavy atom. The average Bonchev–Trinajstić information content (AvgIpc) is 2.75. The normalized spacial score (nSPS) is 22.5. The Balaban J connectivity index is 2.37. The number of carbonyl (C=O) groups is 2. The van der Waals surface area contributed by atoms with Crippen molar-refractivity contribution in [3.63, 3.8) is 0 Å². The van der Waals surface area contributed by atoms with E-state index in [1.807, 2.05) is 0 Å². The zero-order valence-corrected chi connectivity index (χ0v) is 11.1. The molecule has 1 aromatic rings. The number of ketones is 1. The van der Waals surface area contributed by atoms with Gasteiger partial charge in [-0.15, -0.1) is 0 Å². The Kier molecular flexibility index (Phi) is 3.69. The van der Waals surface area contributed by atoms with Crippen LogP contribution in [0.3, 0.4) is 0 Å². The van der Waals surface area contributed by atoms with Gasteiger partial charge in [0.1, 0.15) is 5.82 Å². The number of carbonyl (C=O) groups excluding carboxylic acids is 1. The van der Waals surface area contributed by atoms with Crippen molar-refractivity contribution in [3.8, 4) is 0 Å². The standard InChI is InChI=1S/C15H17FO3/c1-8-6-10(16)7-9(2)13(8)14(17)11-4-3-5-12(11)15(18)19/h6-7,11-12H,3-5H2,1-2H3,(H,18,19). The van der Waals surface area contributed by atoms with Gasteiger partial charge in [0.15, 0.2) is 5.78 Å². The molecule has 19 heavy (non-hydrogen) atoms. The fourth-order valence-electron chi connectivity index (χ4n) is 3.05. The number of rotatable bonds is 3. The molecule has 102 valence electrons. The smallest absolute Gasteiger partial charge is 0.307 e. The second-order valence-electron chi connectivity index (χ2n) is 5.26. The van der Waals surface area contributed by atoms with Gasteiger partial charge in [-0.1, -0.05) is 6.42 Å². The van der Waals surface area contributed by atoms with Crippen LogP contribution in [0.15, 0.2) is 12.1 Å². The lowest BCUT2D eigenvalue weighted by Gasteiger charge is -2.17. The summed E-state index contributed by atoms with van der Waals surface area (Å²) in [6, 6.07) is 2.65. The Labute approximate surface area is 111 Å². The highest BCUT2D eigenvalue weighted by Gasteiger charge is 2.38. The van der Waals surface area contributed by atoms with Gasteiger partial charge in [0.2, 0.25) is 0 Å². The summed E-state index contributed by atoms with van der Waals surface area (Å²) in [5.41, 5.74) is 1.65. The predicted molar refractivity (Wildman–Crippen MR) is 68.7 cm³/mol. The third-order valence-electron chi connectivity index (χ3n) is 3.91. The molecule has 1 N–H and O–H groups in total. The van der Waals surface area contributed by atoms with E-state index in [1.54, 1.807) is 13.8 Å². The first-order chi connectivity index (χ1) is 8.91. The van der Waals surface area contributed by atoms with Gasteiger partial charge in [-0.25, -0.2) is 4.39 Å². The molecule has 2 atom stereocenters. The molecule has 0 amide bonds. The molecule has 1 fully saturated rings. The highest BCUT2D eigenvalue weighted by Crippen LogP contribution is 2.35. The molecule has 2 unspecified atom stereocenters. The number of carboxylic acids is 1. The van der Waals surface area contributed by atoms with E-state index in [4.69, 9.17) is 5.11 Å². The molecule has 4 heteroatoms. The van der Waals surface area contributed by atoms with E-state index < -0.39 is 17.8 Å². The highest BCUT2D eigenvalue weighted by molar-refractivity contribution is 6.02. The number of carboxylic acid groups (broad SMARTS) is 1. The first-order valence-electron chi connectivity index (χ1n) is 6.45. The molecule has 3 nitrogen and oxygen atoms in total. The Morgan fingerprint density at radius 2 is 1.68 bits per heavy atom. The van der Waals surface area contributed by atoms with Gasteiger partial charge in [0.05, 0.1) is 5.92 Å². The number of aryl methyl sites for hydroxylation is 2. The minimum atomic E-state index is -0.909. The van der Waals surface area contributed by atoms with Crippen LogP contribution in [-0.4, -0.2) is 16.9 Å². The monoisotopic (exact) mass is 264 g/mol. The molecule has 0 spiro atoms. The largest absolute Gasteiger partial charge is 0.481 e. The van der Waals surface area contributed by atoms with E-state index in [1.165, 1.54) is 12.1 Å². The fourth-order valence-corrected chi connectivity index (χ4v) is 3.05. The Hall–Kier alpha value is -1.71. The molecule has 0 aromatic heterocycles. The van der Waals surface area contributed by atoms with Crippen LogP contribution < -0.4 is 0 Å². The number of hydrogen-bond acceptors (Lipinski definition) is 2. The van der Waals surface area contributed by atoms with Crippen molar-refractivity contribution in [3.05, 3.63) is 34.6 Å². The number of benzene rings is 1. The molecule has 1 aliphatic carbocycles. The maximum atomic E-state index is 13.2. The van der Waals surface area contributed by atoms with Crippen LogP contribution >= 0.6 is 0 Å². The van der Waals surface area contributed by atoms with E-state index >= 15 is 0 Å². The number of aliphatic carboxylic acids is 1. The maximum absolute atomic E-state index is 13.2. The lowest BCUT2D eigenvalue weighted by atomic mass is 9.85. The van der Waals surface area contributed by atoms with E-state index in [0.717, 1.165) is 6.42 Å². The highest BCUT2D eigenvalue weighted by atomic mass is 19.1. The van der Waals surface area contributed by atoms with Crippen LogP contribution in [0.4, 0.5) is 4.39 Å². The first kappa shape index (κ1) is 13.7. The van der Waals surface area contributed by atoms with Crippen LogP contribution in [0.2, 0.25) is 0 Å². The van der Waals surface area contributed by atoms with Crippen LogP contribution in [0.5, 0.6) is 0 Å². The van der Waals surface area contributed by atoms with E-state index in [0.29, 0.717) is 29.5 Å². The molecule has 1 saturated carbocycles. The zero-order valence-electron chi connectivity index (χ0n) is 11.1. The second-order valence-corrected chi connectivity index (χ2v) is 5.26. The average molecular weight is 264 g/mol. The summed E-state index contributed by atoms with van der Waals surface area (Å²) in [5, 5.41) is 9.15. The van der Waals surface area contributed by atoms with Crippen molar-refractivity contribution in [2.24, 2.45) is 11.8 Å². The number of halogens is 1.